The van der Waals surface area contributed by atoms with Crippen molar-refractivity contribution in [1.82, 2.24) is 9.96 Å². The Morgan fingerprint density at radius 1 is 1.61 bits per heavy atom. The van der Waals surface area contributed by atoms with Crippen molar-refractivity contribution in [1.29, 1.82) is 0 Å². The minimum absolute atomic E-state index is 0.196. The number of rotatable bonds is 6. The molecular weight excluding hydrogens is 228 g/mol. The molecule has 1 aliphatic heterocycles. The summed E-state index contributed by atoms with van der Waals surface area (Å²) in [4.78, 5) is 7.81. The molecule has 0 aromatic carbocycles. The third kappa shape index (κ3) is 3.01. The lowest BCUT2D eigenvalue weighted by Gasteiger charge is -2.39. The first kappa shape index (κ1) is 13.7. The Kier molecular flexibility index (Phi) is 4.56. The van der Waals surface area contributed by atoms with Crippen molar-refractivity contribution in [2.45, 2.75) is 24.9 Å². The molecule has 4 nitrogen and oxygen atoms in total. The number of hydrogen-bond acceptors (Lipinski definition) is 4. The number of aliphatic hydroxyl groups is 1. The van der Waals surface area contributed by atoms with Gasteiger partial charge in [0, 0.05) is 13.6 Å². The molecule has 2 rings (SSSR count). The van der Waals surface area contributed by atoms with Crippen LogP contribution in [0.5, 0.6) is 0 Å². The van der Waals surface area contributed by atoms with Gasteiger partial charge >= 0.3 is 0 Å². The number of likely N-dealkylation sites (N-methyl/N-ethyl adjacent to an activating group) is 2. The monoisotopic (exact) mass is 252 g/mol. The summed E-state index contributed by atoms with van der Waals surface area (Å²) in [5.41, 5.74) is 1.39. The van der Waals surface area contributed by atoms with E-state index in [1.807, 2.05) is 12.1 Å². The van der Waals surface area contributed by atoms with Gasteiger partial charge in [0.15, 0.2) is 0 Å². The molecule has 0 radical (unpaired) electrons. The maximum atomic E-state index is 9.53. The number of hydrogen-bond donors (Lipinski definition) is 1. The summed E-state index contributed by atoms with van der Waals surface area (Å²) < 4.78 is 0. The van der Waals surface area contributed by atoms with E-state index in [2.05, 4.69) is 24.6 Å². The Morgan fingerprint density at radius 3 is 2.89 bits per heavy atom. The zero-order chi connectivity index (χ0) is 13.1. The molecule has 1 fully saturated rings. The van der Waals surface area contributed by atoms with Gasteiger partial charge in [-0.1, -0.05) is 17.7 Å². The predicted octanol–water partition coefficient (Wildman–Crippen LogP) is 1.05. The summed E-state index contributed by atoms with van der Waals surface area (Å²) in [6.07, 6.45) is 6.58. The van der Waals surface area contributed by atoms with E-state index in [0.717, 1.165) is 6.54 Å². The van der Waals surface area contributed by atoms with Gasteiger partial charge in [0.05, 0.1) is 25.3 Å². The second-order valence-electron chi connectivity index (χ2n) is 5.28. The van der Waals surface area contributed by atoms with Crippen LogP contribution in [-0.2, 0) is 4.84 Å². The first-order valence-electron chi connectivity index (χ1n) is 6.66. The second-order valence-corrected chi connectivity index (χ2v) is 5.28. The second kappa shape index (κ2) is 5.97. The molecule has 0 unspecified atom stereocenters. The van der Waals surface area contributed by atoms with Gasteiger partial charge in [-0.2, -0.15) is 5.06 Å². The van der Waals surface area contributed by atoms with Crippen LogP contribution in [0.2, 0.25) is 0 Å². The van der Waals surface area contributed by atoms with Crippen molar-refractivity contribution in [2.24, 2.45) is 5.92 Å². The predicted molar refractivity (Wildman–Crippen MR) is 72.0 cm³/mol. The van der Waals surface area contributed by atoms with Crippen LogP contribution in [-0.4, -0.2) is 61.0 Å². The zero-order valence-electron chi connectivity index (χ0n) is 11.4. The average molecular weight is 252 g/mol. The standard InChI is InChI=1S/C14H24N2O2/c1-4-7-18-16(3)12-8-13(11-5-6-11)14(10-17)15(2)9-12/h4,8,11-12,14,17H,1,5-7,9-10H2,2-3H3/t12-,14-/m1/s1. The van der Waals surface area contributed by atoms with E-state index in [-0.39, 0.29) is 18.7 Å². The third-order valence-corrected chi connectivity index (χ3v) is 3.86. The van der Waals surface area contributed by atoms with E-state index < -0.39 is 0 Å². The third-order valence-electron chi connectivity index (χ3n) is 3.86. The summed E-state index contributed by atoms with van der Waals surface area (Å²) in [6.45, 7) is 5.29. The molecule has 0 bridgehead atoms. The van der Waals surface area contributed by atoms with Crippen LogP contribution in [0.4, 0.5) is 0 Å². The van der Waals surface area contributed by atoms with Crippen LogP contribution >= 0.6 is 0 Å². The molecule has 4 heteroatoms. The SMILES string of the molecule is C=CCON(C)[C@@H]1C=C(C2CC2)[C@@H](CO)N(C)C1. The zero-order valence-corrected chi connectivity index (χ0v) is 11.4. The van der Waals surface area contributed by atoms with Gasteiger partial charge in [-0.25, -0.2) is 0 Å². The molecule has 2 aliphatic rings. The van der Waals surface area contributed by atoms with Crippen LogP contribution < -0.4 is 0 Å². The molecule has 2 atom stereocenters. The highest BCUT2D eigenvalue weighted by atomic mass is 16.7. The van der Waals surface area contributed by atoms with E-state index in [1.54, 1.807) is 6.08 Å². The molecule has 0 amide bonds. The number of hydroxylamine groups is 2. The fraction of sp³-hybridized carbons (Fsp3) is 0.714. The van der Waals surface area contributed by atoms with Gasteiger partial charge in [0.25, 0.3) is 0 Å². The van der Waals surface area contributed by atoms with Gasteiger partial charge in [0.2, 0.25) is 0 Å². The highest BCUT2D eigenvalue weighted by Crippen LogP contribution is 2.41. The minimum atomic E-state index is 0.196. The molecule has 0 aromatic heterocycles. The summed E-state index contributed by atoms with van der Waals surface area (Å²) in [6, 6.07) is 0.454. The van der Waals surface area contributed by atoms with Crippen molar-refractivity contribution in [3.05, 3.63) is 24.3 Å². The van der Waals surface area contributed by atoms with Crippen molar-refractivity contribution in [3.63, 3.8) is 0 Å². The van der Waals surface area contributed by atoms with E-state index in [9.17, 15) is 5.11 Å². The Hall–Kier alpha value is -0.680. The average Bonchev–Trinajstić information content (AvgIpc) is 3.19. The fourth-order valence-electron chi connectivity index (χ4n) is 2.62. The lowest BCUT2D eigenvalue weighted by atomic mass is 9.94. The highest BCUT2D eigenvalue weighted by Gasteiger charge is 2.37. The molecule has 1 heterocycles. The molecule has 0 spiro atoms. The summed E-state index contributed by atoms with van der Waals surface area (Å²) in [7, 11) is 4.03. The smallest absolute Gasteiger partial charge is 0.0864 e. The molecule has 1 saturated carbocycles. The Bertz CT molecular complexity index is 326. The molecule has 0 saturated heterocycles. The van der Waals surface area contributed by atoms with Crippen LogP contribution in [0.25, 0.3) is 0 Å². The van der Waals surface area contributed by atoms with Crippen molar-refractivity contribution >= 4 is 0 Å². The number of aliphatic hydroxyl groups excluding tert-OH is 1. The van der Waals surface area contributed by atoms with Gasteiger partial charge in [-0.05, 0) is 25.8 Å². The topological polar surface area (TPSA) is 35.9 Å². The summed E-state index contributed by atoms with van der Waals surface area (Å²) in [5, 5.41) is 11.4. The Labute approximate surface area is 109 Å². The first-order valence-corrected chi connectivity index (χ1v) is 6.66. The molecule has 102 valence electrons. The Morgan fingerprint density at radius 2 is 2.33 bits per heavy atom. The lowest BCUT2D eigenvalue weighted by molar-refractivity contribution is -0.152. The molecule has 1 N–H and O–H groups in total. The normalized spacial score (nSPS) is 29.4. The van der Waals surface area contributed by atoms with Crippen LogP contribution in [0.3, 0.4) is 0 Å². The van der Waals surface area contributed by atoms with E-state index in [4.69, 9.17) is 4.84 Å². The van der Waals surface area contributed by atoms with Crippen molar-refractivity contribution in [2.75, 3.05) is 33.9 Å². The molecule has 0 aromatic rings. The van der Waals surface area contributed by atoms with E-state index in [0.29, 0.717) is 12.5 Å². The van der Waals surface area contributed by atoms with Gasteiger partial charge in [0.1, 0.15) is 0 Å². The maximum Gasteiger partial charge on any atom is 0.0864 e. The molecular formula is C14H24N2O2. The first-order chi connectivity index (χ1) is 8.67. The van der Waals surface area contributed by atoms with E-state index >= 15 is 0 Å². The van der Waals surface area contributed by atoms with Crippen LogP contribution in [0, 0.1) is 5.92 Å². The lowest BCUT2D eigenvalue weighted by Crippen LogP contribution is -2.50. The van der Waals surface area contributed by atoms with Gasteiger partial charge in [-0.3, -0.25) is 9.74 Å². The molecule has 18 heavy (non-hydrogen) atoms. The van der Waals surface area contributed by atoms with Crippen molar-refractivity contribution in [3.8, 4) is 0 Å². The van der Waals surface area contributed by atoms with E-state index in [1.165, 1.54) is 18.4 Å². The maximum absolute atomic E-state index is 9.53. The fourth-order valence-corrected chi connectivity index (χ4v) is 2.62. The number of nitrogens with zero attached hydrogens (tertiary/aromatic N) is 2. The van der Waals surface area contributed by atoms with Gasteiger partial charge < -0.3 is 5.11 Å². The molecule has 1 aliphatic carbocycles. The summed E-state index contributed by atoms with van der Waals surface area (Å²) >= 11 is 0. The summed E-state index contributed by atoms with van der Waals surface area (Å²) in [5.74, 6) is 0.681. The minimum Gasteiger partial charge on any atom is -0.394 e. The van der Waals surface area contributed by atoms with Crippen molar-refractivity contribution < 1.29 is 9.94 Å². The van der Waals surface area contributed by atoms with Crippen LogP contribution in [0.15, 0.2) is 24.3 Å². The largest absolute Gasteiger partial charge is 0.394 e. The Balaban J connectivity index is 2.07. The van der Waals surface area contributed by atoms with Crippen LogP contribution in [0.1, 0.15) is 12.8 Å². The van der Waals surface area contributed by atoms with Gasteiger partial charge in [-0.15, -0.1) is 6.58 Å². The quantitative estimate of drug-likeness (QED) is 0.566. The highest BCUT2D eigenvalue weighted by molar-refractivity contribution is 5.24.